The maximum Gasteiger partial charge on any atom is 0.138 e. The number of nitrogens with two attached hydrogens (primary N) is 1. The summed E-state index contributed by atoms with van der Waals surface area (Å²) in [5.74, 6) is 0.867. The number of aromatic nitrogens is 1. The molecule has 15 heavy (non-hydrogen) atoms. The fourth-order valence-corrected chi connectivity index (χ4v) is 1.57. The molecular formula is C12H18N2O. The Morgan fingerprint density at radius 1 is 1.53 bits per heavy atom. The fraction of sp³-hybridized carbons (Fsp3) is 0.583. The van der Waals surface area contributed by atoms with Gasteiger partial charge in [-0.2, -0.15) is 0 Å². The minimum atomic E-state index is 0.0442. The van der Waals surface area contributed by atoms with Crippen molar-refractivity contribution >= 4 is 0 Å². The minimum absolute atomic E-state index is 0.0442. The maximum atomic E-state index is 5.88. The summed E-state index contributed by atoms with van der Waals surface area (Å²) in [4.78, 5) is 4.31. The smallest absolute Gasteiger partial charge is 0.138 e. The molecule has 1 atom stereocenters. The summed E-state index contributed by atoms with van der Waals surface area (Å²) in [7, 11) is 0. The minimum Gasteiger partial charge on any atom is -0.489 e. The highest BCUT2D eigenvalue weighted by atomic mass is 16.5. The van der Waals surface area contributed by atoms with Crippen LogP contribution >= 0.6 is 0 Å². The molecular weight excluding hydrogens is 188 g/mol. The van der Waals surface area contributed by atoms with Gasteiger partial charge >= 0.3 is 0 Å². The Bertz CT molecular complexity index is 306. The molecule has 0 amide bonds. The van der Waals surface area contributed by atoms with Gasteiger partial charge in [0, 0.05) is 6.04 Å². The number of rotatable bonds is 4. The van der Waals surface area contributed by atoms with Crippen LogP contribution in [0.4, 0.5) is 0 Å². The summed E-state index contributed by atoms with van der Waals surface area (Å²) < 4.78 is 5.72. The Morgan fingerprint density at radius 3 is 2.80 bits per heavy atom. The van der Waals surface area contributed by atoms with Crippen LogP contribution < -0.4 is 10.5 Å². The molecule has 1 aliphatic carbocycles. The summed E-state index contributed by atoms with van der Waals surface area (Å²) in [6.45, 7) is 2.06. The molecule has 3 nitrogen and oxygen atoms in total. The molecule has 2 rings (SSSR count). The molecule has 1 aliphatic rings. The Labute approximate surface area is 90.7 Å². The number of pyridine rings is 1. The third-order valence-corrected chi connectivity index (χ3v) is 2.93. The van der Waals surface area contributed by atoms with Crippen molar-refractivity contribution in [3.05, 3.63) is 24.0 Å². The summed E-state index contributed by atoms with van der Waals surface area (Å²) in [5, 5.41) is 0. The average molecular weight is 206 g/mol. The second-order valence-corrected chi connectivity index (χ2v) is 4.10. The van der Waals surface area contributed by atoms with Crippen molar-refractivity contribution < 1.29 is 4.74 Å². The first-order valence-corrected chi connectivity index (χ1v) is 5.67. The zero-order valence-electron chi connectivity index (χ0n) is 9.15. The molecule has 2 N–H and O–H groups in total. The van der Waals surface area contributed by atoms with Gasteiger partial charge in [-0.3, -0.25) is 4.98 Å². The lowest BCUT2D eigenvalue weighted by Crippen LogP contribution is -2.24. The third kappa shape index (κ3) is 2.48. The highest BCUT2D eigenvalue weighted by molar-refractivity contribution is 5.21. The second-order valence-electron chi connectivity index (χ2n) is 4.10. The zero-order chi connectivity index (χ0) is 10.7. The molecule has 1 fully saturated rings. The topological polar surface area (TPSA) is 48.1 Å². The van der Waals surface area contributed by atoms with Crippen molar-refractivity contribution in [2.75, 3.05) is 0 Å². The normalized spacial score (nSPS) is 18.3. The van der Waals surface area contributed by atoms with Crippen molar-refractivity contribution in [2.45, 2.75) is 44.8 Å². The lowest BCUT2D eigenvalue weighted by molar-refractivity contribution is 0.120. The van der Waals surface area contributed by atoms with Crippen LogP contribution in [-0.4, -0.2) is 11.1 Å². The Balaban J connectivity index is 1.96. The van der Waals surface area contributed by atoms with Crippen LogP contribution in [0.25, 0.3) is 0 Å². The van der Waals surface area contributed by atoms with E-state index in [1.165, 1.54) is 19.3 Å². The van der Waals surface area contributed by atoms with Gasteiger partial charge in [0.05, 0.1) is 18.0 Å². The van der Waals surface area contributed by atoms with Gasteiger partial charge in [0.1, 0.15) is 5.75 Å². The Morgan fingerprint density at radius 2 is 2.33 bits per heavy atom. The van der Waals surface area contributed by atoms with Crippen molar-refractivity contribution in [3.8, 4) is 5.75 Å². The van der Waals surface area contributed by atoms with Gasteiger partial charge in [0.2, 0.25) is 0 Å². The lowest BCUT2D eigenvalue weighted by Gasteiger charge is -2.26. The first kappa shape index (κ1) is 10.4. The molecule has 0 aliphatic heterocycles. The monoisotopic (exact) mass is 206 g/mol. The van der Waals surface area contributed by atoms with Crippen LogP contribution in [-0.2, 0) is 0 Å². The molecule has 1 heterocycles. The van der Waals surface area contributed by atoms with Crippen molar-refractivity contribution in [1.82, 2.24) is 4.98 Å². The predicted octanol–water partition coefficient (Wildman–Crippen LogP) is 2.42. The second kappa shape index (κ2) is 4.62. The fourth-order valence-electron chi connectivity index (χ4n) is 1.57. The molecule has 0 radical (unpaired) electrons. The van der Waals surface area contributed by atoms with Gasteiger partial charge in [-0.05, 0) is 37.8 Å². The van der Waals surface area contributed by atoms with Gasteiger partial charge in [0.25, 0.3) is 0 Å². The van der Waals surface area contributed by atoms with E-state index < -0.39 is 0 Å². The van der Waals surface area contributed by atoms with Gasteiger partial charge in [0.15, 0.2) is 0 Å². The van der Waals surface area contributed by atoms with Crippen LogP contribution in [0.5, 0.6) is 5.75 Å². The molecule has 1 aromatic heterocycles. The first-order chi connectivity index (χ1) is 7.29. The molecule has 0 spiro atoms. The summed E-state index contributed by atoms with van der Waals surface area (Å²) in [6, 6.07) is 3.97. The number of nitrogens with zero attached hydrogens (tertiary/aromatic N) is 1. The van der Waals surface area contributed by atoms with E-state index in [9.17, 15) is 0 Å². The van der Waals surface area contributed by atoms with Gasteiger partial charge < -0.3 is 10.5 Å². The molecule has 0 unspecified atom stereocenters. The van der Waals surface area contributed by atoms with Crippen LogP contribution in [0.1, 0.15) is 44.3 Å². The van der Waals surface area contributed by atoms with E-state index in [4.69, 9.17) is 10.5 Å². The highest BCUT2D eigenvalue weighted by Crippen LogP contribution is 2.25. The van der Waals surface area contributed by atoms with Crippen LogP contribution in [0.15, 0.2) is 18.3 Å². The van der Waals surface area contributed by atoms with Gasteiger partial charge in [-0.25, -0.2) is 0 Å². The van der Waals surface area contributed by atoms with Crippen molar-refractivity contribution in [3.63, 3.8) is 0 Å². The number of hydrogen-bond acceptors (Lipinski definition) is 3. The Hall–Kier alpha value is -1.09. The van der Waals surface area contributed by atoms with Crippen LogP contribution in [0.2, 0.25) is 0 Å². The summed E-state index contributed by atoms with van der Waals surface area (Å²) in [6.07, 6.45) is 6.75. The average Bonchev–Trinajstić information content (AvgIpc) is 2.23. The molecule has 1 saturated carbocycles. The predicted molar refractivity (Wildman–Crippen MR) is 59.7 cm³/mol. The van der Waals surface area contributed by atoms with E-state index in [0.29, 0.717) is 6.10 Å². The molecule has 1 aromatic rings. The molecule has 0 saturated heterocycles. The zero-order valence-corrected chi connectivity index (χ0v) is 9.15. The van der Waals surface area contributed by atoms with E-state index in [0.717, 1.165) is 17.9 Å². The highest BCUT2D eigenvalue weighted by Gasteiger charge is 2.19. The standard InChI is InChI=1S/C12H18N2O/c1-2-11(13)12-7-6-10(8-14-12)15-9-4-3-5-9/h6-9,11H,2-5,13H2,1H3/t11-/m0/s1. The van der Waals surface area contributed by atoms with Gasteiger partial charge in [-0.1, -0.05) is 6.92 Å². The molecule has 82 valence electrons. The largest absolute Gasteiger partial charge is 0.489 e. The van der Waals surface area contributed by atoms with Crippen molar-refractivity contribution in [2.24, 2.45) is 5.73 Å². The van der Waals surface area contributed by atoms with Crippen LogP contribution in [0, 0.1) is 0 Å². The SMILES string of the molecule is CC[C@H](N)c1ccc(OC2CCC2)cn1. The van der Waals surface area contributed by atoms with E-state index in [-0.39, 0.29) is 6.04 Å². The summed E-state index contributed by atoms with van der Waals surface area (Å²) >= 11 is 0. The Kier molecular flexibility index (Phi) is 3.21. The third-order valence-electron chi connectivity index (χ3n) is 2.93. The molecule has 0 aromatic carbocycles. The molecule has 0 bridgehead atoms. The van der Waals surface area contributed by atoms with E-state index in [1.54, 1.807) is 6.20 Å². The van der Waals surface area contributed by atoms with E-state index >= 15 is 0 Å². The first-order valence-electron chi connectivity index (χ1n) is 5.67. The van der Waals surface area contributed by atoms with Gasteiger partial charge in [-0.15, -0.1) is 0 Å². The molecule has 3 heteroatoms. The summed E-state index contributed by atoms with van der Waals surface area (Å²) in [5.41, 5.74) is 6.82. The van der Waals surface area contributed by atoms with Crippen molar-refractivity contribution in [1.29, 1.82) is 0 Å². The lowest BCUT2D eigenvalue weighted by atomic mass is 9.96. The number of ether oxygens (including phenoxy) is 1. The van der Waals surface area contributed by atoms with Crippen LogP contribution in [0.3, 0.4) is 0 Å². The quantitative estimate of drug-likeness (QED) is 0.823. The van der Waals surface area contributed by atoms with E-state index in [1.807, 2.05) is 12.1 Å². The number of hydrogen-bond donors (Lipinski definition) is 1. The maximum absolute atomic E-state index is 5.88. The van der Waals surface area contributed by atoms with E-state index in [2.05, 4.69) is 11.9 Å².